The van der Waals surface area contributed by atoms with Gasteiger partial charge in [-0.05, 0) is 50.4 Å². The van der Waals surface area contributed by atoms with Crippen molar-refractivity contribution in [2.45, 2.75) is 36.8 Å². The van der Waals surface area contributed by atoms with Crippen LogP contribution in [0.1, 0.15) is 24.8 Å². The number of fused-ring (bicyclic) bond motifs is 2. The highest BCUT2D eigenvalue weighted by atomic mass is 35.5. The van der Waals surface area contributed by atoms with Crippen molar-refractivity contribution >= 4 is 32.6 Å². The Morgan fingerprint density at radius 2 is 2.26 bits per heavy atom. The molecule has 0 unspecified atom stereocenters. The van der Waals surface area contributed by atoms with Crippen LogP contribution in [0, 0.1) is 12.8 Å². The second-order valence-electron chi connectivity index (χ2n) is 6.64. The van der Waals surface area contributed by atoms with Gasteiger partial charge in [-0.25, -0.2) is 13.1 Å². The number of hydrogen-bond acceptors (Lipinski definition) is 4. The van der Waals surface area contributed by atoms with Crippen LogP contribution >= 0.6 is 11.6 Å². The van der Waals surface area contributed by atoms with E-state index < -0.39 is 10.0 Å². The van der Waals surface area contributed by atoms with Gasteiger partial charge in [0, 0.05) is 28.1 Å². The highest BCUT2D eigenvalue weighted by Gasteiger charge is 2.49. The minimum absolute atomic E-state index is 0.00157. The molecular weight excluding hydrogens is 336 g/mol. The fraction of sp³-hybridized carbons (Fsp3) is 0.500. The molecule has 2 atom stereocenters. The molecule has 7 heteroatoms. The van der Waals surface area contributed by atoms with Gasteiger partial charge >= 0.3 is 0 Å². The Morgan fingerprint density at radius 1 is 1.43 bits per heavy atom. The molecule has 4 rings (SSSR count). The van der Waals surface area contributed by atoms with Gasteiger partial charge in [0.25, 0.3) is 10.0 Å². The van der Waals surface area contributed by atoms with Crippen LogP contribution in [-0.4, -0.2) is 27.0 Å². The topological polar surface area (TPSA) is 71.3 Å². The maximum atomic E-state index is 12.9. The van der Waals surface area contributed by atoms with Gasteiger partial charge in [0.15, 0.2) is 0 Å². The third-order valence-electron chi connectivity index (χ3n) is 5.22. The lowest BCUT2D eigenvalue weighted by atomic mass is 9.92. The van der Waals surface area contributed by atoms with Gasteiger partial charge in [-0.3, -0.25) is 0 Å². The van der Waals surface area contributed by atoms with Gasteiger partial charge in [0.05, 0.1) is 0 Å². The lowest BCUT2D eigenvalue weighted by Gasteiger charge is -2.28. The van der Waals surface area contributed by atoms with Crippen molar-refractivity contribution in [1.29, 1.82) is 0 Å². The standard InChI is InChI=1S/C16H19ClN2O3S/c1-10-13-7-12(17)4-5-14(13)22-15(10)23(20,21)19-16-6-2-3-11(16)8-18-9-16/h4-5,7,11,18-19H,2-3,6,8-9H2,1H3/t11-,16-/m0/s1. The molecule has 23 heavy (non-hydrogen) atoms. The summed E-state index contributed by atoms with van der Waals surface area (Å²) >= 11 is 6.01. The van der Waals surface area contributed by atoms with E-state index in [0.29, 0.717) is 28.6 Å². The zero-order valence-electron chi connectivity index (χ0n) is 12.9. The Bertz CT molecular complexity index is 865. The average Bonchev–Trinajstić information content (AvgIpc) is 3.11. The first kappa shape index (κ1) is 15.4. The number of benzene rings is 1. The highest BCUT2D eigenvalue weighted by molar-refractivity contribution is 7.89. The lowest BCUT2D eigenvalue weighted by Crippen LogP contribution is -2.51. The normalized spacial score (nSPS) is 27.7. The lowest BCUT2D eigenvalue weighted by molar-refractivity contribution is 0.353. The van der Waals surface area contributed by atoms with Gasteiger partial charge in [-0.15, -0.1) is 0 Å². The van der Waals surface area contributed by atoms with E-state index in [2.05, 4.69) is 10.0 Å². The van der Waals surface area contributed by atoms with E-state index in [9.17, 15) is 8.42 Å². The smallest absolute Gasteiger partial charge is 0.274 e. The summed E-state index contributed by atoms with van der Waals surface area (Å²) in [7, 11) is -3.71. The molecule has 0 amide bonds. The number of nitrogens with one attached hydrogen (secondary N) is 2. The van der Waals surface area contributed by atoms with Gasteiger partial charge in [-0.1, -0.05) is 18.0 Å². The molecule has 1 saturated carbocycles. The van der Waals surface area contributed by atoms with Crippen LogP contribution in [0.4, 0.5) is 0 Å². The van der Waals surface area contributed by atoms with Crippen LogP contribution in [0.2, 0.25) is 5.02 Å². The Hall–Kier alpha value is -1.08. The molecule has 2 heterocycles. The molecule has 1 aliphatic carbocycles. The predicted molar refractivity (Wildman–Crippen MR) is 89.2 cm³/mol. The molecule has 0 bridgehead atoms. The molecule has 1 aromatic heterocycles. The van der Waals surface area contributed by atoms with Gasteiger partial charge < -0.3 is 9.73 Å². The van der Waals surface area contributed by atoms with Crippen LogP contribution in [-0.2, 0) is 10.0 Å². The van der Waals surface area contributed by atoms with Gasteiger partial charge in [0.2, 0.25) is 5.09 Å². The molecule has 2 aliphatic rings. The van der Waals surface area contributed by atoms with Crippen molar-refractivity contribution in [2.24, 2.45) is 5.92 Å². The van der Waals surface area contributed by atoms with Crippen molar-refractivity contribution < 1.29 is 12.8 Å². The van der Waals surface area contributed by atoms with Gasteiger partial charge in [-0.2, -0.15) is 0 Å². The van der Waals surface area contributed by atoms with Crippen molar-refractivity contribution in [1.82, 2.24) is 10.0 Å². The summed E-state index contributed by atoms with van der Waals surface area (Å²) in [6.07, 6.45) is 2.99. The minimum Gasteiger partial charge on any atom is -0.443 e. The molecule has 1 aliphatic heterocycles. The molecule has 1 saturated heterocycles. The Balaban J connectivity index is 1.76. The number of furan rings is 1. The fourth-order valence-electron chi connectivity index (χ4n) is 4.06. The van der Waals surface area contributed by atoms with Crippen LogP contribution in [0.3, 0.4) is 0 Å². The summed E-state index contributed by atoms with van der Waals surface area (Å²) in [6, 6.07) is 5.14. The Labute approximate surface area is 140 Å². The third-order valence-corrected chi connectivity index (χ3v) is 7.01. The van der Waals surface area contributed by atoms with Crippen molar-refractivity contribution in [3.05, 3.63) is 28.8 Å². The SMILES string of the molecule is Cc1c(S(=O)(=O)N[C@]23CCC[C@H]2CNC3)oc2ccc(Cl)cc12. The van der Waals surface area contributed by atoms with Crippen molar-refractivity contribution in [2.75, 3.05) is 13.1 Å². The summed E-state index contributed by atoms with van der Waals surface area (Å²) in [6.45, 7) is 3.31. The molecule has 124 valence electrons. The zero-order valence-corrected chi connectivity index (χ0v) is 14.4. The van der Waals surface area contributed by atoms with E-state index in [1.54, 1.807) is 25.1 Å². The maximum Gasteiger partial charge on any atom is 0.274 e. The van der Waals surface area contributed by atoms with Gasteiger partial charge in [0.1, 0.15) is 5.58 Å². The highest BCUT2D eigenvalue weighted by Crippen LogP contribution is 2.40. The van der Waals surface area contributed by atoms with E-state index in [0.717, 1.165) is 31.2 Å². The quantitative estimate of drug-likeness (QED) is 0.889. The zero-order chi connectivity index (χ0) is 16.2. The summed E-state index contributed by atoms with van der Waals surface area (Å²) in [5.74, 6) is 0.358. The Kier molecular flexibility index (Phi) is 3.50. The summed E-state index contributed by atoms with van der Waals surface area (Å²) in [5.41, 5.74) is 0.770. The maximum absolute atomic E-state index is 12.9. The summed E-state index contributed by atoms with van der Waals surface area (Å²) < 4.78 is 34.5. The first-order chi connectivity index (χ1) is 10.9. The van der Waals surface area contributed by atoms with Crippen molar-refractivity contribution in [3.63, 3.8) is 0 Å². The molecular formula is C16H19ClN2O3S. The fourth-order valence-corrected chi connectivity index (χ4v) is 5.91. The predicted octanol–water partition coefficient (Wildman–Crippen LogP) is 2.82. The third kappa shape index (κ3) is 2.39. The molecule has 2 fully saturated rings. The van der Waals surface area contributed by atoms with Crippen LogP contribution in [0.5, 0.6) is 0 Å². The second-order valence-corrected chi connectivity index (χ2v) is 8.65. The van der Waals surface area contributed by atoms with E-state index in [-0.39, 0.29) is 10.6 Å². The van der Waals surface area contributed by atoms with E-state index >= 15 is 0 Å². The molecule has 1 aromatic carbocycles. The summed E-state index contributed by atoms with van der Waals surface area (Å²) in [5, 5.41) is 4.62. The van der Waals surface area contributed by atoms with Crippen molar-refractivity contribution in [3.8, 4) is 0 Å². The molecule has 2 N–H and O–H groups in total. The van der Waals surface area contributed by atoms with Crippen LogP contribution in [0.25, 0.3) is 11.0 Å². The van der Waals surface area contributed by atoms with Crippen LogP contribution in [0.15, 0.2) is 27.7 Å². The van der Waals surface area contributed by atoms with E-state index in [1.165, 1.54) is 0 Å². The molecule has 0 radical (unpaired) electrons. The number of halogens is 1. The molecule has 2 aromatic rings. The monoisotopic (exact) mass is 354 g/mol. The minimum atomic E-state index is -3.71. The largest absolute Gasteiger partial charge is 0.443 e. The van der Waals surface area contributed by atoms with E-state index in [1.807, 2.05) is 0 Å². The number of hydrogen-bond donors (Lipinski definition) is 2. The first-order valence-electron chi connectivity index (χ1n) is 7.85. The first-order valence-corrected chi connectivity index (χ1v) is 9.71. The number of aryl methyl sites for hydroxylation is 1. The van der Waals surface area contributed by atoms with E-state index in [4.69, 9.17) is 16.0 Å². The molecule has 0 spiro atoms. The second kappa shape index (κ2) is 5.21. The number of rotatable bonds is 3. The average molecular weight is 355 g/mol. The number of sulfonamides is 1. The summed E-state index contributed by atoms with van der Waals surface area (Å²) in [4.78, 5) is 0. The Morgan fingerprint density at radius 3 is 3.09 bits per heavy atom. The van der Waals surface area contributed by atoms with Crippen LogP contribution < -0.4 is 10.0 Å². The molecule has 5 nitrogen and oxygen atoms in total.